The minimum atomic E-state index is 0.0573. The number of nitrogens with one attached hydrogen (secondary N) is 2. The summed E-state index contributed by atoms with van der Waals surface area (Å²) in [5, 5.41) is 4.08. The number of benzene rings is 1. The van der Waals surface area contributed by atoms with Crippen molar-refractivity contribution in [3.8, 4) is 0 Å². The van der Waals surface area contributed by atoms with Crippen molar-refractivity contribution in [2.24, 2.45) is 0 Å². The second-order valence-corrected chi connectivity index (χ2v) is 4.92. The molecule has 88 valence electrons. The highest BCUT2D eigenvalue weighted by atomic mass is 16.1. The smallest absolute Gasteiger partial charge is 0.253 e. The fraction of sp³-hybridized carbons (Fsp3) is 0.357. The number of rotatable bonds is 2. The predicted molar refractivity (Wildman–Crippen MR) is 68.3 cm³/mol. The van der Waals surface area contributed by atoms with Gasteiger partial charge in [0, 0.05) is 22.6 Å². The van der Waals surface area contributed by atoms with Gasteiger partial charge in [-0.15, -0.1) is 0 Å². The van der Waals surface area contributed by atoms with Crippen molar-refractivity contribution < 1.29 is 4.79 Å². The minimum absolute atomic E-state index is 0.0573. The van der Waals surface area contributed by atoms with Crippen LogP contribution in [0.25, 0.3) is 10.9 Å². The summed E-state index contributed by atoms with van der Waals surface area (Å²) in [7, 11) is 0. The van der Waals surface area contributed by atoms with Gasteiger partial charge < -0.3 is 10.3 Å². The topological polar surface area (TPSA) is 44.9 Å². The molecule has 3 rings (SSSR count). The van der Waals surface area contributed by atoms with E-state index in [2.05, 4.69) is 22.4 Å². The maximum atomic E-state index is 12.2. The largest absolute Gasteiger partial charge is 0.358 e. The highest BCUT2D eigenvalue weighted by Crippen LogP contribution is 2.25. The molecule has 0 bridgehead atoms. The maximum Gasteiger partial charge on any atom is 0.253 e. The summed E-state index contributed by atoms with van der Waals surface area (Å²) in [6, 6.07) is 6.56. The van der Waals surface area contributed by atoms with E-state index in [1.807, 2.05) is 19.9 Å². The van der Waals surface area contributed by atoms with Crippen LogP contribution >= 0.6 is 0 Å². The average Bonchev–Trinajstić information content (AvgIpc) is 3.00. The molecule has 1 aliphatic rings. The van der Waals surface area contributed by atoms with Gasteiger partial charge in [-0.1, -0.05) is 11.6 Å². The second-order valence-electron chi connectivity index (χ2n) is 4.92. The standard InChI is InChI=1S/C14H16N2O/c1-8-3-6-12-11(7-8)13(9(2)15-12)14(17)16-10-4-5-10/h3,6-7,10,15H,4-5H2,1-2H3,(H,16,17). The van der Waals surface area contributed by atoms with E-state index in [1.54, 1.807) is 0 Å². The Hall–Kier alpha value is -1.77. The van der Waals surface area contributed by atoms with Crippen molar-refractivity contribution in [2.75, 3.05) is 0 Å². The molecule has 0 radical (unpaired) electrons. The third-order valence-corrected chi connectivity index (χ3v) is 3.28. The predicted octanol–water partition coefficient (Wildman–Crippen LogP) is 2.68. The van der Waals surface area contributed by atoms with E-state index >= 15 is 0 Å². The monoisotopic (exact) mass is 228 g/mol. The van der Waals surface area contributed by atoms with E-state index in [4.69, 9.17) is 0 Å². The molecule has 0 unspecified atom stereocenters. The third kappa shape index (κ3) is 1.82. The van der Waals surface area contributed by atoms with Gasteiger partial charge in [0.25, 0.3) is 5.91 Å². The molecule has 0 spiro atoms. The van der Waals surface area contributed by atoms with E-state index in [-0.39, 0.29) is 5.91 Å². The van der Waals surface area contributed by atoms with Crippen LogP contribution < -0.4 is 5.32 Å². The van der Waals surface area contributed by atoms with Crippen molar-refractivity contribution >= 4 is 16.8 Å². The maximum absolute atomic E-state index is 12.2. The molecule has 0 aliphatic heterocycles. The number of hydrogen-bond donors (Lipinski definition) is 2. The number of carbonyl (C=O) groups excluding carboxylic acids is 1. The first-order valence-electron chi connectivity index (χ1n) is 6.05. The van der Waals surface area contributed by atoms with Gasteiger partial charge in [-0.3, -0.25) is 4.79 Å². The van der Waals surface area contributed by atoms with Gasteiger partial charge in [-0.05, 0) is 38.8 Å². The van der Waals surface area contributed by atoms with E-state index in [1.165, 1.54) is 5.56 Å². The first-order valence-corrected chi connectivity index (χ1v) is 6.05. The summed E-state index contributed by atoms with van der Waals surface area (Å²) in [5.74, 6) is 0.0573. The molecule has 1 amide bonds. The molecular weight excluding hydrogens is 212 g/mol. The lowest BCUT2D eigenvalue weighted by Crippen LogP contribution is -2.25. The number of H-pyrrole nitrogens is 1. The molecule has 0 atom stereocenters. The van der Waals surface area contributed by atoms with E-state index in [9.17, 15) is 4.79 Å². The Kier molecular flexibility index (Phi) is 2.21. The number of aromatic amines is 1. The summed E-state index contributed by atoms with van der Waals surface area (Å²) < 4.78 is 0. The summed E-state index contributed by atoms with van der Waals surface area (Å²) in [5.41, 5.74) is 3.96. The fourth-order valence-electron chi connectivity index (χ4n) is 2.22. The van der Waals surface area contributed by atoms with Crippen LogP contribution in [0, 0.1) is 13.8 Å². The first kappa shape index (κ1) is 10.4. The van der Waals surface area contributed by atoms with Gasteiger partial charge in [-0.25, -0.2) is 0 Å². The van der Waals surface area contributed by atoms with Crippen molar-refractivity contribution in [2.45, 2.75) is 32.7 Å². The van der Waals surface area contributed by atoms with Gasteiger partial charge in [-0.2, -0.15) is 0 Å². The van der Waals surface area contributed by atoms with Crippen LogP contribution in [-0.4, -0.2) is 16.9 Å². The van der Waals surface area contributed by atoms with Gasteiger partial charge >= 0.3 is 0 Å². The van der Waals surface area contributed by atoms with Crippen molar-refractivity contribution in [1.82, 2.24) is 10.3 Å². The highest BCUT2D eigenvalue weighted by Gasteiger charge is 2.25. The molecule has 1 aliphatic carbocycles. The van der Waals surface area contributed by atoms with E-state index in [0.717, 1.165) is 35.0 Å². The number of hydrogen-bond acceptors (Lipinski definition) is 1. The Balaban J connectivity index is 2.09. The van der Waals surface area contributed by atoms with Gasteiger partial charge in [0.05, 0.1) is 5.56 Å². The molecule has 1 aromatic heterocycles. The first-order chi connectivity index (χ1) is 8.15. The quantitative estimate of drug-likeness (QED) is 0.815. The lowest BCUT2D eigenvalue weighted by atomic mass is 10.1. The Labute approximate surface area is 100 Å². The highest BCUT2D eigenvalue weighted by molar-refractivity contribution is 6.08. The van der Waals surface area contributed by atoms with Crippen LogP contribution in [0.3, 0.4) is 0 Å². The molecule has 3 nitrogen and oxygen atoms in total. The summed E-state index contributed by atoms with van der Waals surface area (Å²) in [6.45, 7) is 4.00. The zero-order chi connectivity index (χ0) is 12.0. The fourth-order valence-corrected chi connectivity index (χ4v) is 2.22. The number of fused-ring (bicyclic) bond motifs is 1. The van der Waals surface area contributed by atoms with Crippen LogP contribution in [-0.2, 0) is 0 Å². The lowest BCUT2D eigenvalue weighted by molar-refractivity contribution is 0.0952. The van der Waals surface area contributed by atoms with Crippen LogP contribution in [0.15, 0.2) is 18.2 Å². The molecule has 1 saturated carbocycles. The molecule has 1 aromatic carbocycles. The summed E-state index contributed by atoms with van der Waals surface area (Å²) in [4.78, 5) is 15.4. The Bertz CT molecular complexity index is 594. The summed E-state index contributed by atoms with van der Waals surface area (Å²) >= 11 is 0. The minimum Gasteiger partial charge on any atom is -0.358 e. The van der Waals surface area contributed by atoms with Crippen LogP contribution in [0.1, 0.15) is 34.5 Å². The van der Waals surface area contributed by atoms with Gasteiger partial charge in [0.1, 0.15) is 0 Å². The number of carbonyl (C=O) groups is 1. The molecule has 1 fully saturated rings. The molecule has 1 heterocycles. The SMILES string of the molecule is Cc1ccc2[nH]c(C)c(C(=O)NC3CC3)c2c1. The van der Waals surface area contributed by atoms with E-state index < -0.39 is 0 Å². The third-order valence-electron chi connectivity index (χ3n) is 3.28. The number of amides is 1. The average molecular weight is 228 g/mol. The van der Waals surface area contributed by atoms with Crippen molar-refractivity contribution in [3.63, 3.8) is 0 Å². The summed E-state index contributed by atoms with van der Waals surface area (Å²) in [6.07, 6.45) is 2.23. The second kappa shape index (κ2) is 3.62. The number of aromatic nitrogens is 1. The normalized spacial score (nSPS) is 15.2. The Morgan fingerprint density at radius 2 is 2.12 bits per heavy atom. The van der Waals surface area contributed by atoms with Gasteiger partial charge in [0.15, 0.2) is 0 Å². The van der Waals surface area contributed by atoms with Crippen molar-refractivity contribution in [3.05, 3.63) is 35.0 Å². The molecule has 2 aromatic rings. The van der Waals surface area contributed by atoms with E-state index in [0.29, 0.717) is 6.04 Å². The van der Waals surface area contributed by atoms with Crippen molar-refractivity contribution in [1.29, 1.82) is 0 Å². The number of aryl methyl sites for hydroxylation is 2. The Morgan fingerprint density at radius 1 is 1.35 bits per heavy atom. The molecular formula is C14H16N2O. The zero-order valence-electron chi connectivity index (χ0n) is 10.1. The molecule has 0 saturated heterocycles. The lowest BCUT2D eigenvalue weighted by Gasteiger charge is -2.03. The van der Waals surface area contributed by atoms with Crippen LogP contribution in [0.2, 0.25) is 0 Å². The Morgan fingerprint density at radius 3 is 2.82 bits per heavy atom. The molecule has 17 heavy (non-hydrogen) atoms. The molecule has 2 N–H and O–H groups in total. The zero-order valence-corrected chi connectivity index (χ0v) is 10.1. The van der Waals surface area contributed by atoms with Crippen LogP contribution in [0.5, 0.6) is 0 Å². The van der Waals surface area contributed by atoms with Gasteiger partial charge in [0.2, 0.25) is 0 Å². The van der Waals surface area contributed by atoms with Crippen LogP contribution in [0.4, 0.5) is 0 Å². The molecule has 3 heteroatoms.